The number of piperazine rings is 1. The molecule has 0 spiro atoms. The number of nitrogens with zero attached hydrogens (tertiary/aromatic N) is 2. The van der Waals surface area contributed by atoms with Gasteiger partial charge < -0.3 is 14.5 Å². The quantitative estimate of drug-likeness (QED) is 0.837. The number of hydrogen-bond acceptors (Lipinski definition) is 3. The van der Waals surface area contributed by atoms with Crippen molar-refractivity contribution in [2.45, 2.75) is 13.8 Å². The second-order valence-electron chi connectivity index (χ2n) is 4.61. The summed E-state index contributed by atoms with van der Waals surface area (Å²) in [7, 11) is 0. The van der Waals surface area contributed by atoms with Crippen molar-refractivity contribution in [1.82, 2.24) is 4.90 Å². The Bertz CT molecular complexity index is 457. The molecule has 1 aromatic carbocycles. The van der Waals surface area contributed by atoms with Crippen molar-refractivity contribution in [3.05, 3.63) is 28.2 Å². The number of ether oxygens (including phenoxy) is 1. The topological polar surface area (TPSA) is 32.8 Å². The average molecular weight is 327 g/mol. The molecule has 1 aliphatic rings. The van der Waals surface area contributed by atoms with E-state index in [0.29, 0.717) is 19.7 Å². The molecule has 2 rings (SSSR count). The first kappa shape index (κ1) is 14.2. The molecule has 104 valence electrons. The van der Waals surface area contributed by atoms with Crippen LogP contribution in [-0.4, -0.2) is 43.8 Å². The SMILES string of the molecule is CCOC(=O)N1CCN(c2ccc(Br)c(C)c2)CC1. The van der Waals surface area contributed by atoms with E-state index in [-0.39, 0.29) is 6.09 Å². The highest BCUT2D eigenvalue weighted by Gasteiger charge is 2.22. The summed E-state index contributed by atoms with van der Waals surface area (Å²) in [6.45, 7) is 7.48. The number of carbonyl (C=O) groups is 1. The molecule has 0 saturated carbocycles. The number of amides is 1. The van der Waals surface area contributed by atoms with E-state index >= 15 is 0 Å². The van der Waals surface area contributed by atoms with Gasteiger partial charge in [0.2, 0.25) is 0 Å². The van der Waals surface area contributed by atoms with E-state index in [9.17, 15) is 4.79 Å². The van der Waals surface area contributed by atoms with Crippen LogP contribution in [0.25, 0.3) is 0 Å². The number of benzene rings is 1. The molecule has 0 aliphatic carbocycles. The summed E-state index contributed by atoms with van der Waals surface area (Å²) in [4.78, 5) is 15.7. The first-order chi connectivity index (χ1) is 9.11. The maximum atomic E-state index is 11.6. The van der Waals surface area contributed by atoms with Crippen LogP contribution in [0.5, 0.6) is 0 Å². The lowest BCUT2D eigenvalue weighted by Gasteiger charge is -2.35. The first-order valence-electron chi connectivity index (χ1n) is 6.54. The van der Waals surface area contributed by atoms with Gasteiger partial charge in [-0.05, 0) is 37.6 Å². The molecule has 1 saturated heterocycles. The smallest absolute Gasteiger partial charge is 0.409 e. The fourth-order valence-corrected chi connectivity index (χ4v) is 2.43. The minimum Gasteiger partial charge on any atom is -0.450 e. The molecule has 19 heavy (non-hydrogen) atoms. The molecular formula is C14H19BrN2O2. The molecule has 0 aromatic heterocycles. The van der Waals surface area contributed by atoms with Crippen molar-refractivity contribution in [2.24, 2.45) is 0 Å². The maximum Gasteiger partial charge on any atom is 0.409 e. The normalized spacial score (nSPS) is 15.5. The molecule has 0 radical (unpaired) electrons. The lowest BCUT2D eigenvalue weighted by atomic mass is 10.2. The summed E-state index contributed by atoms with van der Waals surface area (Å²) in [5.41, 5.74) is 2.44. The van der Waals surface area contributed by atoms with Crippen LogP contribution in [0, 0.1) is 6.92 Å². The van der Waals surface area contributed by atoms with Crippen LogP contribution in [-0.2, 0) is 4.74 Å². The highest BCUT2D eigenvalue weighted by molar-refractivity contribution is 9.10. The molecule has 1 heterocycles. The molecule has 0 atom stereocenters. The molecule has 1 amide bonds. The second kappa shape index (κ2) is 6.28. The Kier molecular flexibility index (Phi) is 4.69. The number of aryl methyl sites for hydroxylation is 1. The zero-order chi connectivity index (χ0) is 13.8. The van der Waals surface area contributed by atoms with E-state index in [1.165, 1.54) is 11.3 Å². The zero-order valence-corrected chi connectivity index (χ0v) is 12.9. The highest BCUT2D eigenvalue weighted by atomic mass is 79.9. The van der Waals surface area contributed by atoms with Gasteiger partial charge in [0.15, 0.2) is 0 Å². The summed E-state index contributed by atoms with van der Waals surface area (Å²) in [5.74, 6) is 0. The largest absolute Gasteiger partial charge is 0.450 e. The van der Waals surface area contributed by atoms with E-state index in [1.54, 1.807) is 4.90 Å². The van der Waals surface area contributed by atoms with Gasteiger partial charge in [0.05, 0.1) is 6.61 Å². The number of anilines is 1. The van der Waals surface area contributed by atoms with Gasteiger partial charge in [-0.2, -0.15) is 0 Å². The van der Waals surface area contributed by atoms with Crippen molar-refractivity contribution in [3.63, 3.8) is 0 Å². The molecule has 1 fully saturated rings. The molecular weight excluding hydrogens is 308 g/mol. The third-order valence-electron chi connectivity index (χ3n) is 3.31. The van der Waals surface area contributed by atoms with Crippen LogP contribution in [0.3, 0.4) is 0 Å². The van der Waals surface area contributed by atoms with Crippen molar-refractivity contribution in [3.8, 4) is 0 Å². The van der Waals surface area contributed by atoms with Gasteiger partial charge in [-0.1, -0.05) is 15.9 Å². The fraction of sp³-hybridized carbons (Fsp3) is 0.500. The fourth-order valence-electron chi connectivity index (χ4n) is 2.19. The lowest BCUT2D eigenvalue weighted by Crippen LogP contribution is -2.49. The minimum atomic E-state index is -0.200. The number of hydrogen-bond donors (Lipinski definition) is 0. The lowest BCUT2D eigenvalue weighted by molar-refractivity contribution is 0.105. The van der Waals surface area contributed by atoms with Gasteiger partial charge in [-0.15, -0.1) is 0 Å². The summed E-state index contributed by atoms with van der Waals surface area (Å²) in [5, 5.41) is 0. The zero-order valence-electron chi connectivity index (χ0n) is 11.4. The van der Waals surface area contributed by atoms with Crippen LogP contribution < -0.4 is 4.90 Å². The van der Waals surface area contributed by atoms with E-state index in [2.05, 4.69) is 46.0 Å². The van der Waals surface area contributed by atoms with Crippen LogP contribution in [0.2, 0.25) is 0 Å². The molecule has 1 aliphatic heterocycles. The van der Waals surface area contributed by atoms with Crippen LogP contribution in [0.4, 0.5) is 10.5 Å². The van der Waals surface area contributed by atoms with E-state index in [1.807, 2.05) is 6.92 Å². The molecule has 0 bridgehead atoms. The third kappa shape index (κ3) is 3.41. The van der Waals surface area contributed by atoms with Gasteiger partial charge in [-0.25, -0.2) is 4.79 Å². The first-order valence-corrected chi connectivity index (χ1v) is 7.34. The highest BCUT2D eigenvalue weighted by Crippen LogP contribution is 2.23. The Balaban J connectivity index is 1.96. The number of rotatable bonds is 2. The van der Waals surface area contributed by atoms with Crippen molar-refractivity contribution < 1.29 is 9.53 Å². The Hall–Kier alpha value is -1.23. The Morgan fingerprint density at radius 1 is 1.32 bits per heavy atom. The minimum absolute atomic E-state index is 0.200. The third-order valence-corrected chi connectivity index (χ3v) is 4.20. The Morgan fingerprint density at radius 3 is 2.58 bits per heavy atom. The molecule has 5 heteroatoms. The van der Waals surface area contributed by atoms with Crippen LogP contribution in [0.15, 0.2) is 22.7 Å². The van der Waals surface area contributed by atoms with Gasteiger partial charge in [0.1, 0.15) is 0 Å². The molecule has 0 unspecified atom stereocenters. The maximum absolute atomic E-state index is 11.6. The molecule has 1 aromatic rings. The van der Waals surface area contributed by atoms with Crippen LogP contribution >= 0.6 is 15.9 Å². The van der Waals surface area contributed by atoms with Crippen molar-refractivity contribution >= 4 is 27.7 Å². The van der Waals surface area contributed by atoms with E-state index < -0.39 is 0 Å². The molecule has 0 N–H and O–H groups in total. The number of carbonyl (C=O) groups excluding carboxylic acids is 1. The van der Waals surface area contributed by atoms with E-state index in [0.717, 1.165) is 17.6 Å². The summed E-state index contributed by atoms with van der Waals surface area (Å²) >= 11 is 3.51. The van der Waals surface area contributed by atoms with Gasteiger partial charge in [0.25, 0.3) is 0 Å². The van der Waals surface area contributed by atoms with Gasteiger partial charge >= 0.3 is 6.09 Å². The van der Waals surface area contributed by atoms with Crippen LogP contribution in [0.1, 0.15) is 12.5 Å². The average Bonchev–Trinajstić information content (AvgIpc) is 2.42. The summed E-state index contributed by atoms with van der Waals surface area (Å²) in [6, 6.07) is 6.35. The molecule has 4 nitrogen and oxygen atoms in total. The summed E-state index contributed by atoms with van der Waals surface area (Å²) < 4.78 is 6.15. The van der Waals surface area contributed by atoms with Crippen molar-refractivity contribution in [2.75, 3.05) is 37.7 Å². The second-order valence-corrected chi connectivity index (χ2v) is 5.46. The van der Waals surface area contributed by atoms with Gasteiger partial charge in [0, 0.05) is 36.3 Å². The predicted octanol–water partition coefficient (Wildman–Crippen LogP) is 3.04. The predicted molar refractivity (Wildman–Crippen MR) is 79.7 cm³/mol. The summed E-state index contributed by atoms with van der Waals surface area (Å²) in [6.07, 6.45) is -0.200. The van der Waals surface area contributed by atoms with Gasteiger partial charge in [-0.3, -0.25) is 0 Å². The monoisotopic (exact) mass is 326 g/mol. The number of halogens is 1. The Labute approximate surface area is 122 Å². The van der Waals surface area contributed by atoms with Crippen molar-refractivity contribution in [1.29, 1.82) is 0 Å². The standard InChI is InChI=1S/C14H19BrN2O2/c1-3-19-14(18)17-8-6-16(7-9-17)12-4-5-13(15)11(2)10-12/h4-5,10H,3,6-9H2,1-2H3. The Morgan fingerprint density at radius 2 is 2.00 bits per heavy atom. The van der Waals surface area contributed by atoms with E-state index in [4.69, 9.17) is 4.74 Å².